The number of nitrogens with zero attached hydrogens (tertiary/aromatic N) is 1. The van der Waals surface area contributed by atoms with Crippen LogP contribution in [0, 0.1) is 0 Å². The molecule has 1 aliphatic heterocycles. The molecule has 0 spiro atoms. The van der Waals surface area contributed by atoms with Crippen molar-refractivity contribution in [1.82, 2.24) is 15.5 Å². The van der Waals surface area contributed by atoms with Gasteiger partial charge >= 0.3 is 12.0 Å². The van der Waals surface area contributed by atoms with Gasteiger partial charge in [-0.1, -0.05) is 0 Å². The van der Waals surface area contributed by atoms with Gasteiger partial charge in [0.25, 0.3) is 0 Å². The Bertz CT molecular complexity index is 346. The van der Waals surface area contributed by atoms with Crippen molar-refractivity contribution in [3.8, 4) is 0 Å². The molecule has 2 rings (SSSR count). The number of amides is 2. The Morgan fingerprint density at radius 1 is 1.26 bits per heavy atom. The quantitative estimate of drug-likeness (QED) is 0.481. The van der Waals surface area contributed by atoms with E-state index in [1.807, 2.05) is 0 Å². The zero-order valence-electron chi connectivity index (χ0n) is 10.8. The van der Waals surface area contributed by atoms with Crippen molar-refractivity contribution >= 4 is 12.0 Å². The first-order valence-electron chi connectivity index (χ1n) is 6.76. The number of β-amino-alcohol motifs (C(OH)–C–C–N with tert-alkyl or cyclic N) is 1. The Morgan fingerprint density at radius 2 is 2.00 bits per heavy atom. The molecule has 19 heavy (non-hydrogen) atoms. The molecule has 1 heterocycles. The molecule has 2 atom stereocenters. The van der Waals surface area contributed by atoms with E-state index in [1.54, 1.807) is 0 Å². The molecule has 7 heteroatoms. The summed E-state index contributed by atoms with van der Waals surface area (Å²) in [5.74, 6) is -1.07. The molecule has 108 valence electrons. The van der Waals surface area contributed by atoms with Gasteiger partial charge in [0.15, 0.2) is 0 Å². The molecule has 2 fully saturated rings. The molecular formula is C12H21N3O4. The minimum absolute atomic E-state index is 0.0864. The number of hydrogen-bond donors (Lipinski definition) is 4. The predicted octanol–water partition coefficient (Wildman–Crippen LogP) is -0.642. The second-order valence-electron chi connectivity index (χ2n) is 5.21. The summed E-state index contributed by atoms with van der Waals surface area (Å²) in [6, 6.07) is -0.671. The van der Waals surface area contributed by atoms with Crippen LogP contribution >= 0.6 is 0 Å². The molecule has 0 bridgehead atoms. The molecule has 4 N–H and O–H groups in total. The fourth-order valence-electron chi connectivity index (χ4n) is 2.25. The number of carboxylic acids is 1. The van der Waals surface area contributed by atoms with Gasteiger partial charge in [0.05, 0.1) is 6.10 Å². The molecule has 2 aliphatic rings. The summed E-state index contributed by atoms with van der Waals surface area (Å²) in [5.41, 5.74) is 0. The smallest absolute Gasteiger partial charge is 0.326 e. The number of hydrogen-bond acceptors (Lipinski definition) is 4. The third-order valence-corrected chi connectivity index (χ3v) is 3.47. The summed E-state index contributed by atoms with van der Waals surface area (Å²) in [7, 11) is 0. The highest BCUT2D eigenvalue weighted by atomic mass is 16.4. The average molecular weight is 271 g/mol. The van der Waals surface area contributed by atoms with Gasteiger partial charge < -0.3 is 25.7 Å². The van der Waals surface area contributed by atoms with E-state index >= 15 is 0 Å². The van der Waals surface area contributed by atoms with Crippen molar-refractivity contribution in [3.05, 3.63) is 0 Å². The topological polar surface area (TPSA) is 102 Å². The number of aliphatic hydroxyl groups excluding tert-OH is 1. The average Bonchev–Trinajstić information content (AvgIpc) is 3.09. The lowest BCUT2D eigenvalue weighted by Crippen LogP contribution is -2.46. The molecule has 7 nitrogen and oxygen atoms in total. The second kappa shape index (κ2) is 6.21. The van der Waals surface area contributed by atoms with Gasteiger partial charge in [0, 0.05) is 25.6 Å². The number of aliphatic carboxylic acids is 1. The van der Waals surface area contributed by atoms with Crippen molar-refractivity contribution < 1.29 is 19.8 Å². The summed E-state index contributed by atoms with van der Waals surface area (Å²) in [6.45, 7) is 1.45. The highest BCUT2D eigenvalue weighted by molar-refractivity contribution is 5.83. The molecule has 0 unspecified atom stereocenters. The Hall–Kier alpha value is -1.34. The summed E-state index contributed by atoms with van der Waals surface area (Å²) >= 11 is 0. The number of nitrogens with one attached hydrogen (secondary N) is 2. The molecule has 1 saturated carbocycles. The van der Waals surface area contributed by atoms with Crippen LogP contribution in [-0.2, 0) is 4.79 Å². The number of carbonyl (C=O) groups excluding carboxylic acids is 1. The van der Waals surface area contributed by atoms with E-state index in [4.69, 9.17) is 5.11 Å². The normalized spacial score (nSPS) is 26.5. The number of rotatable bonds is 6. The van der Waals surface area contributed by atoms with Crippen LogP contribution in [0.15, 0.2) is 0 Å². The van der Waals surface area contributed by atoms with Gasteiger partial charge in [-0.3, -0.25) is 0 Å². The monoisotopic (exact) mass is 271 g/mol. The van der Waals surface area contributed by atoms with Crippen LogP contribution in [0.3, 0.4) is 0 Å². The highest BCUT2D eigenvalue weighted by Crippen LogP contribution is 2.18. The number of carboxylic acid groups (broad SMARTS) is 1. The first-order valence-corrected chi connectivity index (χ1v) is 6.76. The number of carbonyl (C=O) groups is 2. The molecule has 1 saturated heterocycles. The summed E-state index contributed by atoms with van der Waals surface area (Å²) in [6.07, 6.45) is 2.64. The zero-order chi connectivity index (χ0) is 13.8. The first-order chi connectivity index (χ1) is 9.08. The van der Waals surface area contributed by atoms with E-state index in [1.165, 1.54) is 17.7 Å². The summed E-state index contributed by atoms with van der Waals surface area (Å²) in [4.78, 5) is 24.0. The Morgan fingerprint density at radius 3 is 2.63 bits per heavy atom. The van der Waals surface area contributed by atoms with E-state index in [0.717, 1.165) is 13.0 Å². The molecule has 0 aromatic heterocycles. The molecule has 1 aliphatic carbocycles. The van der Waals surface area contributed by atoms with Crippen molar-refractivity contribution in [2.45, 2.75) is 43.9 Å². The summed E-state index contributed by atoms with van der Waals surface area (Å²) < 4.78 is 0. The van der Waals surface area contributed by atoms with Crippen molar-refractivity contribution in [2.24, 2.45) is 0 Å². The maximum absolute atomic E-state index is 11.8. The molecule has 0 radical (unpaired) electrons. The Kier molecular flexibility index (Phi) is 4.60. The van der Waals surface area contributed by atoms with Crippen molar-refractivity contribution in [3.63, 3.8) is 0 Å². The van der Waals surface area contributed by atoms with Crippen LogP contribution in [0.2, 0.25) is 0 Å². The number of likely N-dealkylation sites (tertiary alicyclic amines) is 1. The lowest BCUT2D eigenvalue weighted by atomic mass is 10.2. The Balaban J connectivity index is 1.67. The number of aliphatic hydroxyl groups is 1. The number of urea groups is 1. The van der Waals surface area contributed by atoms with Crippen LogP contribution in [-0.4, -0.2) is 64.9 Å². The second-order valence-corrected chi connectivity index (χ2v) is 5.21. The SMILES string of the molecule is O=C(O)[C@H]1C[C@@H](O)CN1C(=O)NCCCNC1CC1. The van der Waals surface area contributed by atoms with Gasteiger partial charge in [-0.05, 0) is 25.8 Å². The van der Waals surface area contributed by atoms with E-state index in [2.05, 4.69) is 10.6 Å². The van der Waals surface area contributed by atoms with E-state index in [0.29, 0.717) is 12.6 Å². The van der Waals surface area contributed by atoms with Crippen LogP contribution < -0.4 is 10.6 Å². The van der Waals surface area contributed by atoms with Crippen LogP contribution in [0.25, 0.3) is 0 Å². The third kappa shape index (κ3) is 4.07. The molecular weight excluding hydrogens is 250 g/mol. The van der Waals surface area contributed by atoms with Gasteiger partial charge in [-0.2, -0.15) is 0 Å². The van der Waals surface area contributed by atoms with Crippen LogP contribution in [0.1, 0.15) is 25.7 Å². The van der Waals surface area contributed by atoms with E-state index in [9.17, 15) is 14.7 Å². The van der Waals surface area contributed by atoms with Gasteiger partial charge in [0.2, 0.25) is 0 Å². The lowest BCUT2D eigenvalue weighted by molar-refractivity contribution is -0.141. The maximum atomic E-state index is 11.8. The molecule has 2 amide bonds. The van der Waals surface area contributed by atoms with Crippen LogP contribution in [0.4, 0.5) is 4.79 Å². The summed E-state index contributed by atoms with van der Waals surface area (Å²) in [5, 5.41) is 24.5. The third-order valence-electron chi connectivity index (χ3n) is 3.47. The minimum atomic E-state index is -1.07. The van der Waals surface area contributed by atoms with Crippen LogP contribution in [0.5, 0.6) is 0 Å². The zero-order valence-corrected chi connectivity index (χ0v) is 10.8. The highest BCUT2D eigenvalue weighted by Gasteiger charge is 2.38. The predicted molar refractivity (Wildman–Crippen MR) is 67.8 cm³/mol. The van der Waals surface area contributed by atoms with E-state index < -0.39 is 24.1 Å². The van der Waals surface area contributed by atoms with Crippen molar-refractivity contribution in [1.29, 1.82) is 0 Å². The fourth-order valence-corrected chi connectivity index (χ4v) is 2.25. The van der Waals surface area contributed by atoms with Crippen molar-refractivity contribution in [2.75, 3.05) is 19.6 Å². The largest absolute Gasteiger partial charge is 0.480 e. The van der Waals surface area contributed by atoms with Gasteiger partial charge in [-0.25, -0.2) is 9.59 Å². The molecule has 0 aromatic carbocycles. The standard InChI is InChI=1S/C12H21N3O4/c16-9-6-10(11(17)18)15(7-9)12(19)14-5-1-4-13-8-2-3-8/h8-10,13,16H,1-7H2,(H,14,19)(H,17,18)/t9-,10-/m1/s1. The Labute approximate surface area is 112 Å². The molecule has 0 aromatic rings. The van der Waals surface area contributed by atoms with Gasteiger partial charge in [-0.15, -0.1) is 0 Å². The first kappa shape index (κ1) is 14.1. The van der Waals surface area contributed by atoms with E-state index in [-0.39, 0.29) is 13.0 Å². The minimum Gasteiger partial charge on any atom is -0.480 e. The lowest BCUT2D eigenvalue weighted by Gasteiger charge is -2.21. The van der Waals surface area contributed by atoms with Gasteiger partial charge in [0.1, 0.15) is 6.04 Å². The maximum Gasteiger partial charge on any atom is 0.326 e. The fraction of sp³-hybridized carbons (Fsp3) is 0.833.